The zero-order chi connectivity index (χ0) is 21.0. The van der Waals surface area contributed by atoms with E-state index in [9.17, 15) is 0 Å². The highest BCUT2D eigenvalue weighted by molar-refractivity contribution is 6.30. The van der Waals surface area contributed by atoms with Gasteiger partial charge in [-0.15, -0.1) is 0 Å². The van der Waals surface area contributed by atoms with Crippen LogP contribution in [-0.4, -0.2) is 19.7 Å². The molecule has 2 aromatic carbocycles. The molecule has 0 amide bonds. The van der Waals surface area contributed by atoms with Gasteiger partial charge in [-0.05, 0) is 54.7 Å². The summed E-state index contributed by atoms with van der Waals surface area (Å²) in [4.78, 5) is 9.00. The van der Waals surface area contributed by atoms with Gasteiger partial charge in [0.2, 0.25) is 5.95 Å². The minimum atomic E-state index is 0.548. The van der Waals surface area contributed by atoms with Crippen molar-refractivity contribution < 1.29 is 0 Å². The Morgan fingerprint density at radius 2 is 1.65 bits per heavy atom. The first-order valence-corrected chi connectivity index (χ1v) is 11.1. The second kappa shape index (κ2) is 8.90. The van der Waals surface area contributed by atoms with E-state index in [0.29, 0.717) is 22.7 Å². The fourth-order valence-corrected chi connectivity index (χ4v) is 4.29. The van der Waals surface area contributed by atoms with Crippen LogP contribution in [0, 0.1) is 0 Å². The molecular weight excluding hydrogens is 406 g/mol. The number of rotatable bonds is 5. The molecule has 156 valence electrons. The third-order valence-corrected chi connectivity index (χ3v) is 6.10. The smallest absolute Gasteiger partial charge is 0.229 e. The molecule has 1 fully saturated rings. The van der Waals surface area contributed by atoms with Crippen LogP contribution in [0.1, 0.15) is 43.6 Å². The normalized spacial score (nSPS) is 14.5. The lowest BCUT2D eigenvalue weighted by Gasteiger charge is -2.22. The quantitative estimate of drug-likeness (QED) is 0.380. The molecule has 1 saturated carbocycles. The van der Waals surface area contributed by atoms with Crippen LogP contribution in [-0.2, 0) is 0 Å². The summed E-state index contributed by atoms with van der Waals surface area (Å²) in [5.41, 5.74) is 4.29. The molecule has 0 radical (unpaired) electrons. The average molecular weight is 430 g/mol. The van der Waals surface area contributed by atoms with Crippen molar-refractivity contribution in [1.82, 2.24) is 19.7 Å². The fourth-order valence-electron chi connectivity index (χ4n) is 4.17. The molecule has 5 nitrogen and oxygen atoms in total. The van der Waals surface area contributed by atoms with Crippen LogP contribution in [0.25, 0.3) is 17.1 Å². The Balaban J connectivity index is 1.31. The monoisotopic (exact) mass is 429 g/mol. The van der Waals surface area contributed by atoms with Gasteiger partial charge < -0.3 is 5.32 Å². The first-order valence-electron chi connectivity index (χ1n) is 10.8. The molecule has 0 bridgehead atoms. The summed E-state index contributed by atoms with van der Waals surface area (Å²) in [5, 5.41) is 8.67. The molecule has 5 rings (SSSR count). The number of benzene rings is 2. The minimum Gasteiger partial charge on any atom is -0.324 e. The zero-order valence-electron chi connectivity index (χ0n) is 17.2. The summed E-state index contributed by atoms with van der Waals surface area (Å²) in [6.07, 6.45) is 10.3. The van der Waals surface area contributed by atoms with Gasteiger partial charge in [-0.1, -0.05) is 55.1 Å². The van der Waals surface area contributed by atoms with E-state index in [4.69, 9.17) is 11.6 Å². The fraction of sp³-hybridized carbons (Fsp3) is 0.240. The summed E-state index contributed by atoms with van der Waals surface area (Å²) in [6.45, 7) is 0. The molecule has 0 spiro atoms. The van der Waals surface area contributed by atoms with Gasteiger partial charge in [0, 0.05) is 34.7 Å². The Bertz CT molecular complexity index is 1150. The summed E-state index contributed by atoms with van der Waals surface area (Å²) < 4.78 is 1.75. The van der Waals surface area contributed by atoms with Gasteiger partial charge in [0.05, 0.1) is 5.69 Å². The number of hydrogen-bond acceptors (Lipinski definition) is 4. The number of hydrogen-bond donors (Lipinski definition) is 1. The zero-order valence-corrected chi connectivity index (χ0v) is 18.0. The molecule has 2 aromatic heterocycles. The van der Waals surface area contributed by atoms with E-state index in [1.807, 2.05) is 42.6 Å². The maximum atomic E-state index is 5.98. The number of aromatic nitrogens is 4. The lowest BCUT2D eigenvalue weighted by Crippen LogP contribution is -2.05. The van der Waals surface area contributed by atoms with Crippen LogP contribution in [0.4, 0.5) is 11.6 Å². The first kappa shape index (κ1) is 19.8. The van der Waals surface area contributed by atoms with Crippen LogP contribution < -0.4 is 5.32 Å². The van der Waals surface area contributed by atoms with Gasteiger partial charge >= 0.3 is 0 Å². The van der Waals surface area contributed by atoms with Gasteiger partial charge in [-0.3, -0.25) is 0 Å². The van der Waals surface area contributed by atoms with Gasteiger partial charge in [0.25, 0.3) is 0 Å². The standard InChI is InChI=1S/C25H24ClN5/c26-21-10-6-20(7-11-21)23-15-17-31(30-23)24-14-16-27-25(29-24)28-22-12-8-19(9-13-22)18-4-2-1-3-5-18/h6-18H,1-5H2,(H,27,28,29). The van der Waals surface area contributed by atoms with E-state index >= 15 is 0 Å². The van der Waals surface area contributed by atoms with Crippen LogP contribution in [0.2, 0.25) is 5.02 Å². The Hall–Kier alpha value is -3.18. The second-order valence-electron chi connectivity index (χ2n) is 7.97. The number of halogens is 1. The highest BCUT2D eigenvalue weighted by Gasteiger charge is 2.15. The first-order chi connectivity index (χ1) is 15.2. The number of anilines is 2. The molecule has 31 heavy (non-hydrogen) atoms. The van der Waals surface area contributed by atoms with E-state index in [1.165, 1.54) is 37.7 Å². The van der Waals surface area contributed by atoms with Crippen molar-refractivity contribution >= 4 is 23.2 Å². The van der Waals surface area contributed by atoms with E-state index in [2.05, 4.69) is 44.6 Å². The largest absolute Gasteiger partial charge is 0.324 e. The summed E-state index contributed by atoms with van der Waals surface area (Å²) in [7, 11) is 0. The van der Waals surface area contributed by atoms with Gasteiger partial charge in [0.15, 0.2) is 5.82 Å². The predicted molar refractivity (Wildman–Crippen MR) is 125 cm³/mol. The maximum Gasteiger partial charge on any atom is 0.229 e. The molecule has 0 unspecified atom stereocenters. The van der Waals surface area contributed by atoms with Crippen molar-refractivity contribution in [2.45, 2.75) is 38.0 Å². The van der Waals surface area contributed by atoms with Crippen molar-refractivity contribution in [2.75, 3.05) is 5.32 Å². The van der Waals surface area contributed by atoms with Gasteiger partial charge in [-0.2, -0.15) is 10.1 Å². The molecule has 0 atom stereocenters. The topological polar surface area (TPSA) is 55.6 Å². The van der Waals surface area contributed by atoms with Crippen molar-refractivity contribution in [1.29, 1.82) is 0 Å². The van der Waals surface area contributed by atoms with Crippen LogP contribution >= 0.6 is 11.6 Å². The van der Waals surface area contributed by atoms with Crippen molar-refractivity contribution in [3.63, 3.8) is 0 Å². The molecule has 0 aliphatic heterocycles. The van der Waals surface area contributed by atoms with E-state index in [1.54, 1.807) is 10.9 Å². The third-order valence-electron chi connectivity index (χ3n) is 5.85. The molecule has 0 saturated heterocycles. The molecule has 1 aliphatic carbocycles. The molecule has 6 heteroatoms. The Morgan fingerprint density at radius 3 is 2.42 bits per heavy atom. The predicted octanol–water partition coefficient (Wildman–Crippen LogP) is 6.77. The van der Waals surface area contributed by atoms with Crippen LogP contribution in [0.15, 0.2) is 73.1 Å². The van der Waals surface area contributed by atoms with Gasteiger partial charge in [0.1, 0.15) is 0 Å². The SMILES string of the molecule is Clc1ccc(-c2ccn(-c3ccnc(Nc4ccc(C5CCCCC5)cc4)n3)n2)cc1. The van der Waals surface area contributed by atoms with Crippen LogP contribution in [0.3, 0.4) is 0 Å². The van der Waals surface area contributed by atoms with Crippen molar-refractivity contribution in [3.8, 4) is 17.1 Å². The molecule has 1 aliphatic rings. The van der Waals surface area contributed by atoms with Crippen molar-refractivity contribution in [3.05, 3.63) is 83.6 Å². The summed E-state index contributed by atoms with van der Waals surface area (Å²) >= 11 is 5.98. The van der Waals surface area contributed by atoms with Crippen LogP contribution in [0.5, 0.6) is 0 Å². The van der Waals surface area contributed by atoms with Gasteiger partial charge in [-0.25, -0.2) is 9.67 Å². The summed E-state index contributed by atoms with van der Waals surface area (Å²) in [6, 6.07) is 20.1. The second-order valence-corrected chi connectivity index (χ2v) is 8.41. The molecular formula is C25H24ClN5. The lowest BCUT2D eigenvalue weighted by molar-refractivity contribution is 0.443. The average Bonchev–Trinajstić information content (AvgIpc) is 3.31. The molecule has 2 heterocycles. The Labute approximate surface area is 187 Å². The summed E-state index contributed by atoms with van der Waals surface area (Å²) in [5.74, 6) is 1.96. The minimum absolute atomic E-state index is 0.548. The Kier molecular flexibility index (Phi) is 5.67. The van der Waals surface area contributed by atoms with Crippen molar-refractivity contribution in [2.24, 2.45) is 0 Å². The highest BCUT2D eigenvalue weighted by atomic mass is 35.5. The van der Waals surface area contributed by atoms with E-state index in [0.717, 1.165) is 16.9 Å². The number of nitrogens with one attached hydrogen (secondary N) is 1. The maximum absolute atomic E-state index is 5.98. The lowest BCUT2D eigenvalue weighted by atomic mass is 9.84. The number of nitrogens with zero attached hydrogens (tertiary/aromatic N) is 4. The van der Waals surface area contributed by atoms with E-state index < -0.39 is 0 Å². The third kappa shape index (κ3) is 4.62. The van der Waals surface area contributed by atoms with E-state index in [-0.39, 0.29) is 0 Å². The molecule has 4 aromatic rings. The highest BCUT2D eigenvalue weighted by Crippen LogP contribution is 2.33. The Morgan fingerprint density at radius 1 is 0.871 bits per heavy atom. The molecule has 1 N–H and O–H groups in total.